The van der Waals surface area contributed by atoms with E-state index in [0.717, 1.165) is 0 Å². The molecule has 1 aromatic carbocycles. The summed E-state index contributed by atoms with van der Waals surface area (Å²) in [6.45, 7) is 0. The van der Waals surface area contributed by atoms with Crippen molar-refractivity contribution in [2.24, 2.45) is 0 Å². The standard InChI is InChI=1S/C9H4Cl2F5NO/c10-4-2-1-3-5(11)6(4)17-7(18)8(12,13)9(14,15)16/h1-3H,(H,17,18). The van der Waals surface area contributed by atoms with E-state index >= 15 is 0 Å². The van der Waals surface area contributed by atoms with E-state index in [1.54, 1.807) is 0 Å². The summed E-state index contributed by atoms with van der Waals surface area (Å²) >= 11 is 11.0. The molecule has 2 nitrogen and oxygen atoms in total. The van der Waals surface area contributed by atoms with Crippen LogP contribution < -0.4 is 5.32 Å². The molecule has 1 amide bonds. The second-order valence-electron chi connectivity index (χ2n) is 3.12. The smallest absolute Gasteiger partial charge is 0.318 e. The highest BCUT2D eigenvalue weighted by atomic mass is 35.5. The van der Waals surface area contributed by atoms with Crippen molar-refractivity contribution < 1.29 is 26.7 Å². The van der Waals surface area contributed by atoms with Gasteiger partial charge in [-0.1, -0.05) is 29.3 Å². The number of benzene rings is 1. The van der Waals surface area contributed by atoms with Crippen LogP contribution in [0.4, 0.5) is 27.6 Å². The van der Waals surface area contributed by atoms with E-state index in [-0.39, 0.29) is 10.0 Å². The Labute approximate surface area is 108 Å². The van der Waals surface area contributed by atoms with Gasteiger partial charge in [-0.15, -0.1) is 0 Å². The quantitative estimate of drug-likeness (QED) is 0.818. The van der Waals surface area contributed by atoms with Crippen molar-refractivity contribution in [2.45, 2.75) is 12.1 Å². The van der Waals surface area contributed by atoms with Crippen LogP contribution in [0.2, 0.25) is 10.0 Å². The lowest BCUT2D eigenvalue weighted by Crippen LogP contribution is -2.47. The third kappa shape index (κ3) is 2.84. The Morgan fingerprint density at radius 2 is 1.50 bits per heavy atom. The molecule has 0 bridgehead atoms. The zero-order valence-corrected chi connectivity index (χ0v) is 9.80. The van der Waals surface area contributed by atoms with Gasteiger partial charge in [0.2, 0.25) is 0 Å². The topological polar surface area (TPSA) is 29.1 Å². The summed E-state index contributed by atoms with van der Waals surface area (Å²) in [5, 5.41) is 0.841. The number of alkyl halides is 5. The molecule has 9 heteroatoms. The number of hydrogen-bond donors (Lipinski definition) is 1. The van der Waals surface area contributed by atoms with Gasteiger partial charge in [-0.3, -0.25) is 4.79 Å². The molecule has 1 aromatic rings. The minimum absolute atomic E-state index is 0.256. The number of para-hydroxylation sites is 1. The first kappa shape index (κ1) is 15.0. The highest BCUT2D eigenvalue weighted by Crippen LogP contribution is 2.38. The summed E-state index contributed by atoms with van der Waals surface area (Å²) in [6, 6.07) is 3.69. The Bertz CT molecular complexity index is 454. The monoisotopic (exact) mass is 307 g/mol. The lowest BCUT2D eigenvalue weighted by Gasteiger charge is -2.19. The number of anilines is 1. The highest BCUT2D eigenvalue weighted by molar-refractivity contribution is 6.39. The predicted octanol–water partition coefficient (Wildman–Crippen LogP) is 4.13. The molecule has 0 saturated heterocycles. The zero-order chi connectivity index (χ0) is 14.1. The van der Waals surface area contributed by atoms with Crippen LogP contribution in [-0.4, -0.2) is 18.0 Å². The molecular weight excluding hydrogens is 304 g/mol. The van der Waals surface area contributed by atoms with Gasteiger partial charge in [0.15, 0.2) is 0 Å². The SMILES string of the molecule is O=C(Nc1c(Cl)cccc1Cl)C(F)(F)C(F)(F)F. The molecular formula is C9H4Cl2F5NO. The summed E-state index contributed by atoms with van der Waals surface area (Å²) in [7, 11) is 0. The molecule has 0 unspecified atom stereocenters. The Morgan fingerprint density at radius 1 is 1.06 bits per heavy atom. The number of carbonyl (C=O) groups is 1. The fourth-order valence-electron chi connectivity index (χ4n) is 0.938. The van der Waals surface area contributed by atoms with Crippen LogP contribution in [0.3, 0.4) is 0 Å². The van der Waals surface area contributed by atoms with Crippen molar-refractivity contribution in [3.8, 4) is 0 Å². The van der Waals surface area contributed by atoms with Crippen molar-refractivity contribution in [3.63, 3.8) is 0 Å². The Kier molecular flexibility index (Phi) is 4.07. The first-order valence-electron chi connectivity index (χ1n) is 4.27. The number of halogens is 7. The molecule has 0 aromatic heterocycles. The van der Waals surface area contributed by atoms with Crippen molar-refractivity contribution in [1.82, 2.24) is 0 Å². The van der Waals surface area contributed by atoms with Crippen molar-refractivity contribution in [2.75, 3.05) is 5.32 Å². The molecule has 1 N–H and O–H groups in total. The number of nitrogens with one attached hydrogen (secondary N) is 1. The summed E-state index contributed by atoms with van der Waals surface area (Å²) in [5.41, 5.74) is -0.505. The van der Waals surface area contributed by atoms with Crippen LogP contribution in [-0.2, 0) is 4.79 Å². The molecule has 0 heterocycles. The van der Waals surface area contributed by atoms with Crippen LogP contribution in [0.15, 0.2) is 18.2 Å². The molecule has 0 atom stereocenters. The maximum absolute atomic E-state index is 12.7. The average Bonchev–Trinajstić information content (AvgIpc) is 2.21. The highest BCUT2D eigenvalue weighted by Gasteiger charge is 2.63. The minimum atomic E-state index is -6.00. The summed E-state index contributed by atoms with van der Waals surface area (Å²) in [6.07, 6.45) is -6.00. The molecule has 0 aliphatic carbocycles. The second-order valence-corrected chi connectivity index (χ2v) is 3.94. The molecule has 0 fully saturated rings. The molecule has 0 aliphatic rings. The molecule has 0 saturated carbocycles. The third-order valence-electron chi connectivity index (χ3n) is 1.84. The van der Waals surface area contributed by atoms with Gasteiger partial charge in [-0.05, 0) is 12.1 Å². The van der Waals surface area contributed by atoms with Gasteiger partial charge in [0, 0.05) is 0 Å². The van der Waals surface area contributed by atoms with Gasteiger partial charge in [-0.2, -0.15) is 22.0 Å². The van der Waals surface area contributed by atoms with Gasteiger partial charge >= 0.3 is 18.0 Å². The third-order valence-corrected chi connectivity index (χ3v) is 2.47. The fraction of sp³-hybridized carbons (Fsp3) is 0.222. The van der Waals surface area contributed by atoms with Crippen LogP contribution in [0.1, 0.15) is 0 Å². The first-order chi connectivity index (χ1) is 8.07. The van der Waals surface area contributed by atoms with Crippen LogP contribution in [0.5, 0.6) is 0 Å². The minimum Gasteiger partial charge on any atom is -0.318 e. The number of rotatable bonds is 2. The van der Waals surface area contributed by atoms with Gasteiger partial charge in [0.25, 0.3) is 0 Å². The molecule has 18 heavy (non-hydrogen) atoms. The number of carbonyl (C=O) groups excluding carboxylic acids is 1. The molecule has 0 radical (unpaired) electrons. The Hall–Kier alpha value is -1.08. The van der Waals surface area contributed by atoms with E-state index in [2.05, 4.69) is 0 Å². The summed E-state index contributed by atoms with van der Waals surface area (Å²) < 4.78 is 61.0. The zero-order valence-electron chi connectivity index (χ0n) is 8.29. The molecule has 0 spiro atoms. The largest absolute Gasteiger partial charge is 0.463 e. The lowest BCUT2D eigenvalue weighted by atomic mass is 10.2. The summed E-state index contributed by atoms with van der Waals surface area (Å²) in [4.78, 5) is 10.9. The average molecular weight is 308 g/mol. The normalized spacial score (nSPS) is 12.4. The van der Waals surface area contributed by atoms with E-state index in [0.29, 0.717) is 0 Å². The van der Waals surface area contributed by atoms with Crippen LogP contribution in [0, 0.1) is 0 Å². The van der Waals surface area contributed by atoms with Crippen molar-refractivity contribution in [3.05, 3.63) is 28.2 Å². The van der Waals surface area contributed by atoms with Gasteiger partial charge in [0.1, 0.15) is 0 Å². The van der Waals surface area contributed by atoms with E-state index in [1.807, 2.05) is 0 Å². The van der Waals surface area contributed by atoms with E-state index in [4.69, 9.17) is 23.2 Å². The molecule has 0 aliphatic heterocycles. The fourth-order valence-corrected chi connectivity index (χ4v) is 1.43. The summed E-state index contributed by atoms with van der Waals surface area (Å²) in [5.74, 6) is -8.08. The molecule has 1 rings (SSSR count). The van der Waals surface area contributed by atoms with Crippen molar-refractivity contribution >= 4 is 34.8 Å². The second kappa shape index (κ2) is 4.89. The predicted molar refractivity (Wildman–Crippen MR) is 56.1 cm³/mol. The van der Waals surface area contributed by atoms with E-state index in [1.165, 1.54) is 23.5 Å². The number of hydrogen-bond acceptors (Lipinski definition) is 1. The van der Waals surface area contributed by atoms with Gasteiger partial charge < -0.3 is 5.32 Å². The van der Waals surface area contributed by atoms with E-state index < -0.39 is 23.7 Å². The van der Waals surface area contributed by atoms with Crippen LogP contribution >= 0.6 is 23.2 Å². The molecule has 100 valence electrons. The van der Waals surface area contributed by atoms with Crippen LogP contribution in [0.25, 0.3) is 0 Å². The van der Waals surface area contributed by atoms with Gasteiger partial charge in [0.05, 0.1) is 15.7 Å². The Morgan fingerprint density at radius 3 is 1.89 bits per heavy atom. The maximum atomic E-state index is 12.7. The lowest BCUT2D eigenvalue weighted by molar-refractivity contribution is -0.267. The Balaban J connectivity index is 3.03. The maximum Gasteiger partial charge on any atom is 0.463 e. The number of amides is 1. The van der Waals surface area contributed by atoms with Crippen molar-refractivity contribution in [1.29, 1.82) is 0 Å². The van der Waals surface area contributed by atoms with E-state index in [9.17, 15) is 26.7 Å². The van der Waals surface area contributed by atoms with Gasteiger partial charge in [-0.25, -0.2) is 0 Å². The first-order valence-corrected chi connectivity index (χ1v) is 5.03.